The predicted octanol–water partition coefficient (Wildman–Crippen LogP) is -2.81. The van der Waals surface area contributed by atoms with Gasteiger partial charge in [-0.15, -0.1) is 11.8 Å². The van der Waals surface area contributed by atoms with Crippen molar-refractivity contribution in [2.24, 2.45) is 0 Å². The molecule has 20 N–H and O–H groups in total. The summed E-state index contributed by atoms with van der Waals surface area (Å²) in [6.07, 6.45) is -27.9. The number of aliphatic hydroxyl groups excluding tert-OH is 6. The van der Waals surface area contributed by atoms with Gasteiger partial charge in [0, 0.05) is 6.20 Å². The number of phosphoric acid groups is 3. The molecule has 71 heteroatoms. The maximum Gasteiger partial charge on any atom is 0.472 e. The average Bonchev–Trinajstić information content (AvgIpc) is 1.57. The first-order valence-corrected chi connectivity index (χ1v) is 50.9. The largest absolute Gasteiger partial charge is 0.472 e. The van der Waals surface area contributed by atoms with Crippen LogP contribution in [-0.4, -0.2) is 328 Å². The van der Waals surface area contributed by atoms with Crippen LogP contribution in [0.2, 0.25) is 0 Å². The molecule has 9 aliphatic rings. The lowest BCUT2D eigenvalue weighted by atomic mass is 10.1. The van der Waals surface area contributed by atoms with Gasteiger partial charge in [-0.05, 0) is 33.1 Å². The molecule has 0 spiro atoms. The van der Waals surface area contributed by atoms with Gasteiger partial charge in [-0.3, -0.25) is 86.8 Å². The number of nitrogens with one attached hydrogen (secondary N) is 2. The van der Waals surface area contributed by atoms with Gasteiger partial charge in [0.15, 0.2) is 145 Å². The van der Waals surface area contributed by atoms with Gasteiger partial charge in [0.1, 0.15) is 142 Å². The van der Waals surface area contributed by atoms with Crippen molar-refractivity contribution in [1.29, 1.82) is 0 Å². The van der Waals surface area contributed by atoms with Crippen molar-refractivity contribution in [3.63, 3.8) is 0 Å². The molecule has 9 fully saturated rings. The van der Waals surface area contributed by atoms with Gasteiger partial charge in [-0.25, -0.2) is 88.5 Å². The van der Waals surface area contributed by atoms with E-state index in [0.29, 0.717) is 22.0 Å². The highest BCUT2D eigenvalue weighted by atomic mass is 32.2. The molecule has 30 atom stereocenters. The van der Waals surface area contributed by atoms with Crippen LogP contribution in [0.5, 0.6) is 0 Å². The van der Waals surface area contributed by atoms with Crippen LogP contribution in [0, 0.1) is 20.8 Å². The Bertz CT molecular complexity index is 6790. The van der Waals surface area contributed by atoms with Gasteiger partial charge >= 0.3 is 46.3 Å². The van der Waals surface area contributed by atoms with Crippen LogP contribution in [0.4, 0.5) is 17.5 Å². The number of phosphoric ester groups is 3. The highest BCUT2D eigenvalue weighted by Gasteiger charge is 2.59. The molecule has 12 aromatic heterocycles. The van der Waals surface area contributed by atoms with E-state index in [2.05, 4.69) is 84.7 Å². The van der Waals surface area contributed by atoms with E-state index in [9.17, 15) is 97.0 Å². The Labute approximate surface area is 759 Å². The number of ether oxygens (including phenoxy) is 9. The third-order valence-electron chi connectivity index (χ3n) is 22.2. The van der Waals surface area contributed by atoms with Crippen LogP contribution in [0.3, 0.4) is 0 Å². The van der Waals surface area contributed by atoms with Crippen LogP contribution in [-0.2, 0) is 111 Å². The number of nitrogen functional groups attached to an aromatic ring is 3. The van der Waals surface area contributed by atoms with E-state index in [1.165, 1.54) is 83.7 Å². The van der Waals surface area contributed by atoms with Crippen molar-refractivity contribution in [3.05, 3.63) is 101 Å². The number of rotatable bonds is 7. The Balaban J connectivity index is 0.000000131. The quantitative estimate of drug-likeness (QED) is 0.0435. The molecule has 21 heterocycles. The number of hydrogen-bond acceptors (Lipinski definition) is 51. The number of aliphatic hydroxyl groups is 6. The summed E-state index contributed by atoms with van der Waals surface area (Å²) in [7, 11) is -29.3. The monoisotopic (exact) mass is 2050 g/mol. The minimum absolute atomic E-state index is 0.0264. The lowest BCUT2D eigenvalue weighted by molar-refractivity contribution is -0.168. The summed E-state index contributed by atoms with van der Waals surface area (Å²) in [4.78, 5) is 155. The third kappa shape index (κ3) is 18.4. The zero-order valence-corrected chi connectivity index (χ0v) is 75.8. The van der Waals surface area contributed by atoms with Crippen molar-refractivity contribution in [3.8, 4) is 0 Å². The Morgan fingerprint density at radius 1 is 0.375 bits per heavy atom. The first-order valence-electron chi connectivity index (χ1n) is 39.9. The number of hydrogen-bond donors (Lipinski definition) is 17. The normalized spacial score (nSPS) is 37.5. The Kier molecular flexibility index (Phi) is 25.7. The molecule has 136 heavy (non-hydrogen) atoms. The number of H-pyrrole nitrogens is 2. The fraction of sp³-hybridized carbons (Fsp3) is 0.523. The van der Waals surface area contributed by atoms with E-state index in [1.54, 1.807) is 13.8 Å². The average molecular weight is 2050 g/mol. The van der Waals surface area contributed by atoms with Crippen molar-refractivity contribution in [2.75, 3.05) is 62.3 Å². The second-order valence-corrected chi connectivity index (χ2v) is 41.5. The standard InChI is InChI=1S/C22H27N9O12P2S.C22H26N8O13P2.C21H25N9O13P2/c1-8-28-18-11(19(29-8)46-2)27-6-31(18)20-12(32)14-9(40-20)3-39-45(36,37)43-15-13(33)21(41-22(15)38-7-44(34,35)42-14)30-5-26-10-16(23)24-4-25-17(10)30;1-8-27-17-9(19(33)28-8)2-3-29(17)20-12(31)14-10(40-20)4-39-45(36,37)43-15-13(32)21(41-22(15)38-7-44(34,35)42-14)30-6-26-11-16(23)24-5-25-18(11)30;1-7-27-17-10(18(33)28-7)26-5-30(17)19-11(31)13-8(40-19)2-39-45(36,37)43-14-12(32)20(41-21(14)38-6-44(34,35)42-13)29-4-25-9-15(22)23-3-24-16(9)29/h4-6,9,12-15,20-22,32-33H,3,7H2,1-2H3,(H,34,35)(H,36,37)(H2,23,24,25);2-3,5-6,10,12-15,20-22,31-32H,4,7H2,1H3,(H,34,35)(H,36,37)(H2,23,24,25)(H,27,28,33);3-5,8,11-14,19-21,31-32H,2,6H2,1H3,(H,34,35)(H,36,37)(H2,22,23,24)(H,27,28,33)/t9-,12?,13?,14+,15-,20-,21-,22+;10-,12?,13?,14+,15-,20-,21-,22+;8-,11?,12?,13+,14-,19-,20-,21+/m111/s1. The van der Waals surface area contributed by atoms with E-state index in [1.807, 2.05) is 6.26 Å². The number of aromatic nitrogens is 23. The van der Waals surface area contributed by atoms with E-state index >= 15 is 0 Å². The molecule has 64 nitrogen and oxygen atoms in total. The second-order valence-electron chi connectivity index (χ2n) is 31.3. The van der Waals surface area contributed by atoms with Crippen LogP contribution < -0.4 is 28.3 Å². The number of aromatic amines is 2. The van der Waals surface area contributed by atoms with Crippen LogP contribution >= 0.6 is 58.0 Å². The number of nitrogens with zero attached hydrogens (tertiary/aromatic N) is 21. The Hall–Kier alpha value is -9.10. The van der Waals surface area contributed by atoms with Gasteiger partial charge < -0.3 is 134 Å². The molecule has 0 bridgehead atoms. The lowest BCUT2D eigenvalue weighted by Crippen LogP contribution is -2.38. The number of anilines is 3. The highest BCUT2D eigenvalue weighted by molar-refractivity contribution is 7.98. The first kappa shape index (κ1) is 95.8. The molecule has 732 valence electrons. The topological polar surface area (TPSA) is 878 Å². The number of fused-ring (bicyclic) bond motifs is 12. The molecular formula is C65H78N26O38P6S. The summed E-state index contributed by atoms with van der Waals surface area (Å²) in [5.41, 5.74) is 18.3. The van der Waals surface area contributed by atoms with Crippen molar-refractivity contribution < 1.29 is 171 Å². The molecule has 0 radical (unpaired) electrons. The summed E-state index contributed by atoms with van der Waals surface area (Å²) in [6, 6.07) is 1.44. The summed E-state index contributed by atoms with van der Waals surface area (Å²) in [6.45, 7) is 2.42. The van der Waals surface area contributed by atoms with E-state index in [-0.39, 0.29) is 84.8 Å². The first-order chi connectivity index (χ1) is 64.5. The van der Waals surface area contributed by atoms with E-state index < -0.39 is 244 Å². The predicted molar refractivity (Wildman–Crippen MR) is 442 cm³/mol. The SMILES string of the molecule is CSc1nc(C)nc2c1ncn2[C@@H]1O[C@@H]2COP(=O)(O)O[C@@H]3C(O)[C@H](n4cnc5c(N)ncnc54)O[C@@H]3OCP(=O)(O)O[C@@H]2C1O.Cc1nc2c(ccn2[C@@H]2O[C@@H]3COP(=O)(O)O[C@@H]4C(O)[C@H](n5cnc6c(N)ncnc65)O[C@@H]4OCP(=O)(O)O[C@@H]3C2O)c(=O)[nH]1.Cc1nc2c(ncn2[C@@H]2O[C@@H]3COP(=O)(O)O[C@@H]4C(O)[C@H](n5cnc6c(N)ncnc65)O[C@@H]4OCP(=O)(O)O[C@@H]3C2O)c(=O)[nH]1. The fourth-order valence-electron chi connectivity index (χ4n) is 16.2. The van der Waals surface area contributed by atoms with E-state index in [0.717, 1.165) is 25.3 Å². The minimum Gasteiger partial charge on any atom is -0.386 e. The molecule has 9 aliphatic heterocycles. The molecule has 0 amide bonds. The summed E-state index contributed by atoms with van der Waals surface area (Å²) >= 11 is 1.34. The highest BCUT2D eigenvalue weighted by Crippen LogP contribution is 2.59. The number of nitrogens with two attached hydrogens (primary N) is 3. The zero-order valence-electron chi connectivity index (χ0n) is 69.6. The van der Waals surface area contributed by atoms with Gasteiger partial charge in [-0.2, -0.15) is 0 Å². The number of aryl methyl sites for hydroxylation is 3. The molecule has 12 aromatic rings. The van der Waals surface area contributed by atoms with Gasteiger partial charge in [0.05, 0.1) is 56.8 Å². The smallest absolute Gasteiger partial charge is 0.386 e. The molecule has 12 unspecified atom stereocenters. The van der Waals surface area contributed by atoms with Crippen LogP contribution in [0.1, 0.15) is 54.8 Å². The van der Waals surface area contributed by atoms with E-state index in [4.69, 9.17) is 101 Å². The Morgan fingerprint density at radius 2 is 0.691 bits per heavy atom. The van der Waals surface area contributed by atoms with Crippen molar-refractivity contribution in [1.82, 2.24) is 112 Å². The van der Waals surface area contributed by atoms with Gasteiger partial charge in [-0.1, -0.05) is 0 Å². The number of imidazole rings is 5. The maximum atomic E-state index is 13.3. The molecule has 0 aromatic carbocycles. The second kappa shape index (κ2) is 36.5. The lowest BCUT2D eigenvalue weighted by Gasteiger charge is -2.28. The maximum absolute atomic E-state index is 13.3. The molecule has 9 saturated heterocycles. The zero-order chi connectivity index (χ0) is 96.2. The fourth-order valence-corrected chi connectivity index (χ4v) is 22.7. The van der Waals surface area contributed by atoms with Crippen LogP contribution in [0.25, 0.3) is 66.9 Å². The molecular weight excluding hydrogens is 1970 g/mol. The molecule has 21 rings (SSSR count). The molecule has 0 saturated carbocycles. The minimum atomic E-state index is -5.05. The summed E-state index contributed by atoms with van der Waals surface area (Å²) < 4.78 is 185. The van der Waals surface area contributed by atoms with Gasteiger partial charge in [0.25, 0.3) is 11.1 Å². The summed E-state index contributed by atoms with van der Waals surface area (Å²) in [5, 5.41) is 67.7. The van der Waals surface area contributed by atoms with Crippen LogP contribution in [0.15, 0.2) is 77.5 Å². The molecule has 0 aliphatic carbocycles. The third-order valence-corrected chi connectivity index (χ3v) is 29.0. The Morgan fingerprint density at radius 3 is 1.07 bits per heavy atom. The summed E-state index contributed by atoms with van der Waals surface area (Å²) in [5.74, 6) is 1.06. The van der Waals surface area contributed by atoms with Crippen molar-refractivity contribution >= 4 is 142 Å². The van der Waals surface area contributed by atoms with Gasteiger partial charge in [0.2, 0.25) is 0 Å². The van der Waals surface area contributed by atoms with Crippen molar-refractivity contribution in [2.45, 2.75) is 174 Å². The number of thioether (sulfide) groups is 1.